The molecule has 2 aromatic rings. The molecule has 0 saturated carbocycles. The lowest BCUT2D eigenvalue weighted by molar-refractivity contribution is 0.0686. The molecule has 0 aliphatic carbocycles. The van der Waals surface area contributed by atoms with E-state index in [9.17, 15) is 13.2 Å². The fraction of sp³-hybridized carbons (Fsp3) is 0.182. The van der Waals surface area contributed by atoms with Gasteiger partial charge in [0.1, 0.15) is 16.3 Å². The van der Waals surface area contributed by atoms with Crippen molar-refractivity contribution in [3.8, 4) is 5.75 Å². The van der Waals surface area contributed by atoms with Crippen LogP contribution in [0.5, 0.6) is 5.75 Å². The van der Waals surface area contributed by atoms with Gasteiger partial charge in [-0.25, -0.2) is 13.2 Å². The molecule has 0 aliphatic heterocycles. The van der Waals surface area contributed by atoms with Crippen LogP contribution in [-0.2, 0) is 17.1 Å². The lowest BCUT2D eigenvalue weighted by Crippen LogP contribution is -2.16. The molecule has 0 unspecified atom stereocenters. The minimum atomic E-state index is -4.00. The molecule has 0 spiro atoms. The number of carboxylic acid groups (broad SMARTS) is 1. The summed E-state index contributed by atoms with van der Waals surface area (Å²) in [6.07, 6.45) is 3.60. The van der Waals surface area contributed by atoms with Gasteiger partial charge >= 0.3 is 5.97 Å². The maximum absolute atomic E-state index is 12.2. The molecule has 0 bridgehead atoms. The summed E-state index contributed by atoms with van der Waals surface area (Å²) < 4.78 is 32.6. The highest BCUT2D eigenvalue weighted by molar-refractivity contribution is 7.92. The number of carbonyl (C=O) groups is 1. The number of carboxylic acids is 1. The van der Waals surface area contributed by atoms with Crippen LogP contribution in [0.25, 0.3) is 0 Å². The zero-order valence-electron chi connectivity index (χ0n) is 11.1. The van der Waals surface area contributed by atoms with Crippen molar-refractivity contribution in [2.45, 2.75) is 4.90 Å². The Labute approximate surface area is 120 Å². The second-order valence-electron chi connectivity index (χ2n) is 4.00. The molecular formula is C11H12N4O5S. The first-order valence-corrected chi connectivity index (χ1v) is 7.10. The van der Waals surface area contributed by atoms with Crippen LogP contribution in [0.15, 0.2) is 29.6 Å². The van der Waals surface area contributed by atoms with Crippen molar-refractivity contribution in [1.29, 1.82) is 0 Å². The molecule has 0 radical (unpaired) electrons. The van der Waals surface area contributed by atoms with Crippen LogP contribution in [0.2, 0.25) is 0 Å². The van der Waals surface area contributed by atoms with Gasteiger partial charge in [0.25, 0.3) is 10.0 Å². The molecule has 2 N–H and O–H groups in total. The Morgan fingerprint density at radius 1 is 1.38 bits per heavy atom. The number of methoxy groups -OCH3 is 1. The third kappa shape index (κ3) is 2.94. The van der Waals surface area contributed by atoms with Gasteiger partial charge in [0, 0.05) is 19.3 Å². The summed E-state index contributed by atoms with van der Waals surface area (Å²) in [5.41, 5.74) is -0.401. The molecule has 2 heterocycles. The predicted octanol–water partition coefficient (Wildman–Crippen LogP) is 0.323. The summed E-state index contributed by atoms with van der Waals surface area (Å²) in [4.78, 5) is 14.7. The van der Waals surface area contributed by atoms with Gasteiger partial charge in [-0.2, -0.15) is 5.10 Å². The number of hydrogen-bond acceptors (Lipinski definition) is 6. The molecule has 21 heavy (non-hydrogen) atoms. The van der Waals surface area contributed by atoms with Crippen LogP contribution in [0.4, 0.5) is 5.69 Å². The summed E-state index contributed by atoms with van der Waals surface area (Å²) in [6, 6.07) is 1.27. The summed E-state index contributed by atoms with van der Waals surface area (Å²) in [5, 5.41) is 12.8. The molecule has 9 nitrogen and oxygen atoms in total. The summed E-state index contributed by atoms with van der Waals surface area (Å²) in [6.45, 7) is 0. The van der Waals surface area contributed by atoms with E-state index >= 15 is 0 Å². The lowest BCUT2D eigenvalue weighted by Gasteiger charge is -2.08. The molecule has 0 aliphatic rings. The summed E-state index contributed by atoms with van der Waals surface area (Å²) in [7, 11) is -1.22. The van der Waals surface area contributed by atoms with Crippen LogP contribution in [0.1, 0.15) is 10.5 Å². The van der Waals surface area contributed by atoms with Crippen LogP contribution >= 0.6 is 0 Å². The number of nitrogens with zero attached hydrogens (tertiary/aromatic N) is 3. The number of aromatic nitrogens is 3. The Hall–Kier alpha value is -2.62. The average Bonchev–Trinajstić information content (AvgIpc) is 2.79. The zero-order chi connectivity index (χ0) is 15.6. The Balaban J connectivity index is 2.40. The smallest absolute Gasteiger partial charge is 0.356 e. The van der Waals surface area contributed by atoms with Crippen LogP contribution in [-0.4, -0.2) is 41.4 Å². The standard InChI is InChI=1S/C11H12N4O5S/c1-15-10(11(16)17)9(6-13-15)14-21(18,19)8-3-7(20-2)4-12-5-8/h3-6,14H,1-2H3,(H,16,17). The lowest BCUT2D eigenvalue weighted by atomic mass is 10.4. The minimum absolute atomic E-state index is 0.132. The number of rotatable bonds is 5. The minimum Gasteiger partial charge on any atom is -0.495 e. The van der Waals surface area contributed by atoms with E-state index in [-0.39, 0.29) is 22.0 Å². The maximum atomic E-state index is 12.2. The van der Waals surface area contributed by atoms with Crippen molar-refractivity contribution in [3.63, 3.8) is 0 Å². The molecule has 0 fully saturated rings. The van der Waals surface area contributed by atoms with Gasteiger partial charge in [0.2, 0.25) is 0 Å². The van der Waals surface area contributed by atoms with Gasteiger partial charge in [-0.15, -0.1) is 0 Å². The second-order valence-corrected chi connectivity index (χ2v) is 5.68. The molecule has 2 aromatic heterocycles. The van der Waals surface area contributed by atoms with E-state index in [2.05, 4.69) is 14.8 Å². The Morgan fingerprint density at radius 2 is 2.10 bits per heavy atom. The Bertz CT molecular complexity index is 784. The number of aryl methyl sites for hydroxylation is 1. The van der Waals surface area contributed by atoms with E-state index in [4.69, 9.17) is 9.84 Å². The van der Waals surface area contributed by atoms with Gasteiger partial charge < -0.3 is 9.84 Å². The number of nitrogens with one attached hydrogen (secondary N) is 1. The van der Waals surface area contributed by atoms with Crippen molar-refractivity contribution in [2.75, 3.05) is 11.8 Å². The Kier molecular flexibility index (Phi) is 3.80. The fourth-order valence-corrected chi connectivity index (χ4v) is 2.65. The topological polar surface area (TPSA) is 123 Å². The quantitative estimate of drug-likeness (QED) is 0.815. The molecule has 0 atom stereocenters. The van der Waals surface area contributed by atoms with E-state index in [0.29, 0.717) is 0 Å². The molecule has 0 saturated heterocycles. The van der Waals surface area contributed by atoms with Crippen LogP contribution < -0.4 is 9.46 Å². The normalized spacial score (nSPS) is 11.1. The van der Waals surface area contributed by atoms with Crippen molar-refractivity contribution < 1.29 is 23.1 Å². The van der Waals surface area contributed by atoms with E-state index in [1.165, 1.54) is 26.4 Å². The molecular weight excluding hydrogens is 300 g/mol. The van der Waals surface area contributed by atoms with Crippen molar-refractivity contribution in [1.82, 2.24) is 14.8 Å². The monoisotopic (exact) mass is 312 g/mol. The number of anilines is 1. The summed E-state index contributed by atoms with van der Waals surface area (Å²) in [5.74, 6) is -1.03. The second kappa shape index (κ2) is 5.40. The maximum Gasteiger partial charge on any atom is 0.356 e. The van der Waals surface area contributed by atoms with Gasteiger partial charge in [0.15, 0.2) is 5.69 Å². The first-order chi connectivity index (χ1) is 9.85. The Morgan fingerprint density at radius 3 is 2.71 bits per heavy atom. The van der Waals surface area contributed by atoms with E-state index in [1.807, 2.05) is 0 Å². The largest absolute Gasteiger partial charge is 0.495 e. The van der Waals surface area contributed by atoms with Crippen LogP contribution in [0.3, 0.4) is 0 Å². The molecule has 0 aromatic carbocycles. The van der Waals surface area contributed by atoms with E-state index in [0.717, 1.165) is 17.1 Å². The van der Waals surface area contributed by atoms with E-state index < -0.39 is 16.0 Å². The van der Waals surface area contributed by atoms with Gasteiger partial charge in [-0.05, 0) is 0 Å². The number of aromatic carboxylic acids is 1. The summed E-state index contributed by atoms with van der Waals surface area (Å²) >= 11 is 0. The highest BCUT2D eigenvalue weighted by atomic mass is 32.2. The molecule has 2 rings (SSSR count). The third-order valence-corrected chi connectivity index (χ3v) is 3.95. The zero-order valence-corrected chi connectivity index (χ0v) is 12.0. The fourth-order valence-electron chi connectivity index (χ4n) is 1.63. The number of sulfonamides is 1. The SMILES string of the molecule is COc1cncc(S(=O)(=O)Nc2cnn(C)c2C(=O)O)c1. The molecule has 0 amide bonds. The van der Waals surface area contributed by atoms with Gasteiger partial charge in [0.05, 0.1) is 19.5 Å². The van der Waals surface area contributed by atoms with Crippen LogP contribution in [0, 0.1) is 0 Å². The predicted molar refractivity (Wildman–Crippen MR) is 71.8 cm³/mol. The molecule has 112 valence electrons. The first-order valence-electron chi connectivity index (χ1n) is 5.62. The van der Waals surface area contributed by atoms with E-state index in [1.54, 1.807) is 0 Å². The van der Waals surface area contributed by atoms with Crippen molar-refractivity contribution >= 4 is 21.7 Å². The van der Waals surface area contributed by atoms with Gasteiger partial charge in [-0.3, -0.25) is 14.4 Å². The highest BCUT2D eigenvalue weighted by Gasteiger charge is 2.22. The van der Waals surface area contributed by atoms with Gasteiger partial charge in [-0.1, -0.05) is 0 Å². The first kappa shape index (κ1) is 14.8. The van der Waals surface area contributed by atoms with Crippen molar-refractivity contribution in [3.05, 3.63) is 30.4 Å². The average molecular weight is 312 g/mol. The number of ether oxygens (including phenoxy) is 1. The molecule has 10 heteroatoms. The highest BCUT2D eigenvalue weighted by Crippen LogP contribution is 2.21. The van der Waals surface area contributed by atoms with Crippen molar-refractivity contribution in [2.24, 2.45) is 7.05 Å². The number of pyridine rings is 1. The third-order valence-electron chi connectivity index (χ3n) is 2.62. The number of hydrogen-bond donors (Lipinski definition) is 2.